The Balaban J connectivity index is 1.21. The molecule has 2 aromatic carbocycles. The highest BCUT2D eigenvalue weighted by Gasteiger charge is 2.27. The van der Waals surface area contributed by atoms with Crippen molar-refractivity contribution in [3.8, 4) is 17.0 Å². The third-order valence-corrected chi connectivity index (χ3v) is 7.67. The Morgan fingerprint density at radius 1 is 1.06 bits per heavy atom. The molecule has 5 rings (SSSR count). The fourth-order valence-corrected chi connectivity index (χ4v) is 5.79. The van der Waals surface area contributed by atoms with Crippen LogP contribution < -0.4 is 10.1 Å². The van der Waals surface area contributed by atoms with Gasteiger partial charge in [-0.15, -0.1) is 11.3 Å². The zero-order chi connectivity index (χ0) is 22.8. The average Bonchev–Trinajstić information content (AvgIpc) is 3.32. The maximum Gasteiger partial charge on any atom is 0.183 e. The van der Waals surface area contributed by atoms with Crippen molar-refractivity contribution in [1.29, 1.82) is 0 Å². The summed E-state index contributed by atoms with van der Waals surface area (Å²) in [6.45, 7) is 2.26. The van der Waals surface area contributed by atoms with E-state index in [-0.39, 0.29) is 5.82 Å². The van der Waals surface area contributed by atoms with Gasteiger partial charge in [0.2, 0.25) is 0 Å². The number of methoxy groups -OCH3 is 1. The van der Waals surface area contributed by atoms with Crippen molar-refractivity contribution >= 4 is 27.4 Å². The number of rotatable bonds is 6. The number of hydrogen-bond donors (Lipinski definition) is 1. The standard InChI is InChI=1S/C27H28FN3OS/c1-17(30-27-31-26(16-33-27)20-7-10-22(32-2)11-8-20)18-3-5-19(6-4-18)23-13-14-29-25-12-9-21(28)15-24(23)25/h7-19H,3-6H2,1-2H3,(H,30,31)/t17-,18-,19+/m1/s1. The minimum atomic E-state index is -0.194. The summed E-state index contributed by atoms with van der Waals surface area (Å²) in [5.41, 5.74) is 4.19. The highest BCUT2D eigenvalue weighted by atomic mass is 32.1. The van der Waals surface area contributed by atoms with E-state index in [4.69, 9.17) is 9.72 Å². The molecule has 1 aliphatic carbocycles. The number of nitrogens with one attached hydrogen (secondary N) is 1. The van der Waals surface area contributed by atoms with E-state index in [2.05, 4.69) is 28.7 Å². The predicted molar refractivity (Wildman–Crippen MR) is 134 cm³/mol. The normalized spacial score (nSPS) is 19.4. The SMILES string of the molecule is COc1ccc(-c2csc(N[C@H](C)[C@H]3CC[C@@H](c4ccnc5ccc(F)cc54)CC3)n2)cc1. The van der Waals surface area contributed by atoms with Crippen LogP contribution in [-0.4, -0.2) is 23.1 Å². The van der Waals surface area contributed by atoms with Crippen LogP contribution in [0.1, 0.15) is 44.1 Å². The largest absolute Gasteiger partial charge is 0.497 e. The van der Waals surface area contributed by atoms with Crippen LogP contribution >= 0.6 is 11.3 Å². The van der Waals surface area contributed by atoms with E-state index in [1.54, 1.807) is 30.6 Å². The second kappa shape index (κ2) is 9.48. The molecule has 4 nitrogen and oxygen atoms in total. The molecule has 0 saturated heterocycles. The van der Waals surface area contributed by atoms with Gasteiger partial charge in [-0.25, -0.2) is 9.37 Å². The minimum absolute atomic E-state index is 0.194. The third-order valence-electron chi connectivity index (χ3n) is 6.90. The number of nitrogens with zero attached hydrogens (tertiary/aromatic N) is 2. The topological polar surface area (TPSA) is 47.0 Å². The summed E-state index contributed by atoms with van der Waals surface area (Å²) in [6, 6.07) is 15.3. The van der Waals surface area contributed by atoms with E-state index >= 15 is 0 Å². The zero-order valence-corrected chi connectivity index (χ0v) is 19.7. The maximum absolute atomic E-state index is 13.9. The zero-order valence-electron chi connectivity index (χ0n) is 18.9. The quantitative estimate of drug-likeness (QED) is 0.328. The Labute approximate surface area is 197 Å². The van der Waals surface area contributed by atoms with Crippen molar-refractivity contribution in [3.63, 3.8) is 0 Å². The number of hydrogen-bond acceptors (Lipinski definition) is 5. The Bertz CT molecular complexity index is 1230. The molecule has 2 aromatic heterocycles. The van der Waals surface area contributed by atoms with Crippen LogP contribution in [0.25, 0.3) is 22.2 Å². The van der Waals surface area contributed by atoms with E-state index in [0.29, 0.717) is 17.9 Å². The molecular formula is C27H28FN3OS. The Hall–Kier alpha value is -2.99. The highest BCUT2D eigenvalue weighted by Crippen LogP contribution is 2.40. The summed E-state index contributed by atoms with van der Waals surface area (Å²) < 4.78 is 19.1. The van der Waals surface area contributed by atoms with Crippen molar-refractivity contribution in [2.24, 2.45) is 5.92 Å². The molecule has 1 aliphatic rings. The van der Waals surface area contributed by atoms with Gasteiger partial charge >= 0.3 is 0 Å². The van der Waals surface area contributed by atoms with Gasteiger partial charge in [-0.05, 0) is 98.5 Å². The molecule has 0 bridgehead atoms. The van der Waals surface area contributed by atoms with E-state index in [1.165, 1.54) is 11.6 Å². The van der Waals surface area contributed by atoms with Gasteiger partial charge in [0.15, 0.2) is 5.13 Å². The summed E-state index contributed by atoms with van der Waals surface area (Å²) in [6.07, 6.45) is 6.38. The summed E-state index contributed by atoms with van der Waals surface area (Å²) >= 11 is 1.65. The molecule has 6 heteroatoms. The first-order valence-corrected chi connectivity index (χ1v) is 12.4. The highest BCUT2D eigenvalue weighted by molar-refractivity contribution is 7.14. The van der Waals surface area contributed by atoms with Crippen LogP contribution in [0, 0.1) is 11.7 Å². The third kappa shape index (κ3) is 4.71. The summed E-state index contributed by atoms with van der Waals surface area (Å²) in [7, 11) is 1.67. The van der Waals surface area contributed by atoms with Crippen LogP contribution in [0.15, 0.2) is 60.1 Å². The minimum Gasteiger partial charge on any atom is -0.497 e. The number of anilines is 1. The van der Waals surface area contributed by atoms with Crippen LogP contribution in [0.4, 0.5) is 9.52 Å². The summed E-state index contributed by atoms with van der Waals surface area (Å²) in [5.74, 6) is 1.71. The number of ether oxygens (including phenoxy) is 1. The Morgan fingerprint density at radius 3 is 2.61 bits per heavy atom. The second-order valence-corrected chi connectivity index (χ2v) is 9.73. The van der Waals surface area contributed by atoms with Gasteiger partial charge in [0.05, 0.1) is 18.3 Å². The maximum atomic E-state index is 13.9. The Kier molecular flexibility index (Phi) is 6.27. The summed E-state index contributed by atoms with van der Waals surface area (Å²) in [4.78, 5) is 9.21. The number of thiazole rings is 1. The van der Waals surface area contributed by atoms with Crippen LogP contribution in [0.2, 0.25) is 0 Å². The molecule has 0 spiro atoms. The first-order valence-electron chi connectivity index (χ1n) is 11.5. The molecule has 170 valence electrons. The molecule has 0 aliphatic heterocycles. The molecule has 0 unspecified atom stereocenters. The van der Waals surface area contributed by atoms with Gasteiger partial charge in [0, 0.05) is 28.6 Å². The molecule has 1 atom stereocenters. The molecule has 1 fully saturated rings. The predicted octanol–water partition coefficient (Wildman–Crippen LogP) is 7.28. The summed E-state index contributed by atoms with van der Waals surface area (Å²) in [5, 5.41) is 7.66. The van der Waals surface area contributed by atoms with Crippen molar-refractivity contribution in [3.05, 3.63) is 71.5 Å². The first kappa shape index (κ1) is 21.8. The van der Waals surface area contributed by atoms with Crippen LogP contribution in [-0.2, 0) is 0 Å². The number of halogens is 1. The lowest BCUT2D eigenvalue weighted by atomic mass is 9.75. The molecule has 1 N–H and O–H groups in total. The molecular weight excluding hydrogens is 433 g/mol. The van der Waals surface area contributed by atoms with Gasteiger partial charge in [-0.2, -0.15) is 0 Å². The monoisotopic (exact) mass is 461 g/mol. The van der Waals surface area contributed by atoms with Gasteiger partial charge in [0.1, 0.15) is 11.6 Å². The molecule has 1 saturated carbocycles. The smallest absolute Gasteiger partial charge is 0.183 e. The lowest BCUT2D eigenvalue weighted by molar-refractivity contribution is 0.302. The van der Waals surface area contributed by atoms with Gasteiger partial charge in [-0.3, -0.25) is 4.98 Å². The van der Waals surface area contributed by atoms with Gasteiger partial charge < -0.3 is 10.1 Å². The molecule has 4 aromatic rings. The van der Waals surface area contributed by atoms with E-state index in [9.17, 15) is 4.39 Å². The Morgan fingerprint density at radius 2 is 1.85 bits per heavy atom. The van der Waals surface area contributed by atoms with Crippen molar-refractivity contribution in [2.45, 2.75) is 44.6 Å². The number of benzene rings is 2. The lowest BCUT2D eigenvalue weighted by Crippen LogP contribution is -2.29. The number of fused-ring (bicyclic) bond motifs is 1. The number of pyridine rings is 1. The molecule has 0 amide bonds. The van der Waals surface area contributed by atoms with E-state index < -0.39 is 0 Å². The fraction of sp³-hybridized carbons (Fsp3) is 0.333. The lowest BCUT2D eigenvalue weighted by Gasteiger charge is -2.33. The fourth-order valence-electron chi connectivity index (χ4n) is 4.97. The second-order valence-electron chi connectivity index (χ2n) is 8.87. The van der Waals surface area contributed by atoms with E-state index in [0.717, 1.165) is 58.7 Å². The van der Waals surface area contributed by atoms with Crippen LogP contribution in [0.5, 0.6) is 5.75 Å². The average molecular weight is 462 g/mol. The van der Waals surface area contributed by atoms with Gasteiger partial charge in [0.25, 0.3) is 0 Å². The van der Waals surface area contributed by atoms with Crippen molar-refractivity contribution in [1.82, 2.24) is 9.97 Å². The van der Waals surface area contributed by atoms with Gasteiger partial charge in [-0.1, -0.05) is 0 Å². The first-order chi connectivity index (χ1) is 16.1. The van der Waals surface area contributed by atoms with Crippen molar-refractivity contribution < 1.29 is 9.13 Å². The number of aromatic nitrogens is 2. The molecule has 33 heavy (non-hydrogen) atoms. The molecule has 0 radical (unpaired) electrons. The van der Waals surface area contributed by atoms with Crippen LogP contribution in [0.3, 0.4) is 0 Å². The van der Waals surface area contributed by atoms with E-state index in [1.807, 2.05) is 30.5 Å². The van der Waals surface area contributed by atoms with Crippen molar-refractivity contribution in [2.75, 3.05) is 12.4 Å². The molecule has 2 heterocycles.